The molecule has 3 aromatic rings. The van der Waals surface area contributed by atoms with Gasteiger partial charge in [-0.3, -0.25) is 0 Å². The number of aryl methyl sites for hydroxylation is 3. The minimum absolute atomic E-state index is 0.257. The Morgan fingerprint density at radius 1 is 0.828 bits per heavy atom. The maximum atomic E-state index is 14.8. The SMILES string of the molecule is CCCN(CCC)c1c(C)nc(-c2c(C)cccc2C)nc1-c1ccccc1F. The molecule has 0 bridgehead atoms. The van der Waals surface area contributed by atoms with Crippen LogP contribution in [0.1, 0.15) is 43.5 Å². The topological polar surface area (TPSA) is 29.0 Å². The number of rotatable bonds is 7. The fraction of sp³-hybridized carbons (Fsp3) is 0.360. The van der Waals surface area contributed by atoms with Crippen molar-refractivity contribution in [3.05, 3.63) is 65.1 Å². The van der Waals surface area contributed by atoms with Crippen molar-refractivity contribution in [3.8, 4) is 22.6 Å². The Labute approximate surface area is 173 Å². The average Bonchev–Trinajstić information content (AvgIpc) is 2.68. The van der Waals surface area contributed by atoms with Crippen molar-refractivity contribution in [3.63, 3.8) is 0 Å². The van der Waals surface area contributed by atoms with Gasteiger partial charge in [0.1, 0.15) is 11.5 Å². The van der Waals surface area contributed by atoms with Gasteiger partial charge < -0.3 is 4.90 Å². The molecule has 3 rings (SSSR count). The lowest BCUT2D eigenvalue weighted by molar-refractivity contribution is 0.630. The number of halogens is 1. The first-order valence-corrected chi connectivity index (χ1v) is 10.4. The molecule has 0 aliphatic heterocycles. The Bertz CT molecular complexity index is 971. The van der Waals surface area contributed by atoms with E-state index < -0.39 is 0 Å². The van der Waals surface area contributed by atoms with Crippen molar-refractivity contribution in [2.75, 3.05) is 18.0 Å². The van der Waals surface area contributed by atoms with Gasteiger partial charge in [-0.1, -0.05) is 44.2 Å². The zero-order chi connectivity index (χ0) is 21.0. The molecule has 0 saturated heterocycles. The van der Waals surface area contributed by atoms with Crippen LogP contribution in [0.15, 0.2) is 42.5 Å². The van der Waals surface area contributed by atoms with Crippen molar-refractivity contribution in [1.82, 2.24) is 9.97 Å². The molecule has 29 heavy (non-hydrogen) atoms. The van der Waals surface area contributed by atoms with Gasteiger partial charge in [-0.25, -0.2) is 14.4 Å². The number of hydrogen-bond acceptors (Lipinski definition) is 3. The number of nitrogens with zero attached hydrogens (tertiary/aromatic N) is 3. The van der Waals surface area contributed by atoms with Crippen LogP contribution in [0.25, 0.3) is 22.6 Å². The van der Waals surface area contributed by atoms with Crippen LogP contribution in [0.3, 0.4) is 0 Å². The van der Waals surface area contributed by atoms with Crippen LogP contribution in [-0.4, -0.2) is 23.1 Å². The predicted octanol–water partition coefficient (Wildman–Crippen LogP) is 6.50. The van der Waals surface area contributed by atoms with Gasteiger partial charge in [0.25, 0.3) is 0 Å². The Hall–Kier alpha value is -2.75. The zero-order valence-corrected chi connectivity index (χ0v) is 18.1. The fourth-order valence-electron chi connectivity index (χ4n) is 3.94. The van der Waals surface area contributed by atoms with Gasteiger partial charge in [0.05, 0.1) is 11.4 Å². The first-order chi connectivity index (χ1) is 14.0. The number of anilines is 1. The number of aromatic nitrogens is 2. The summed E-state index contributed by atoms with van der Waals surface area (Å²) >= 11 is 0. The number of hydrogen-bond donors (Lipinski definition) is 0. The first kappa shape index (κ1) is 21.0. The highest BCUT2D eigenvalue weighted by Crippen LogP contribution is 2.36. The van der Waals surface area contributed by atoms with Gasteiger partial charge in [-0.2, -0.15) is 0 Å². The molecule has 0 aliphatic rings. The zero-order valence-electron chi connectivity index (χ0n) is 18.1. The highest BCUT2D eigenvalue weighted by molar-refractivity contribution is 5.80. The Morgan fingerprint density at radius 3 is 2.03 bits per heavy atom. The molecule has 0 atom stereocenters. The van der Waals surface area contributed by atoms with Crippen molar-refractivity contribution in [2.24, 2.45) is 0 Å². The summed E-state index contributed by atoms with van der Waals surface area (Å²) in [5, 5.41) is 0. The van der Waals surface area contributed by atoms with Gasteiger partial charge in [0.2, 0.25) is 0 Å². The normalized spacial score (nSPS) is 11.0. The summed E-state index contributed by atoms with van der Waals surface area (Å²) in [5.41, 5.74) is 6.29. The molecular weight excluding hydrogens is 361 g/mol. The van der Waals surface area contributed by atoms with Crippen molar-refractivity contribution < 1.29 is 4.39 Å². The average molecular weight is 392 g/mol. The molecule has 0 N–H and O–H groups in total. The molecule has 2 aromatic carbocycles. The monoisotopic (exact) mass is 391 g/mol. The standard InChI is InChI=1S/C25H30FN3/c1-6-15-29(16-7-2)24-19(5)27-25(22-17(3)11-10-12-18(22)4)28-23(24)20-13-8-9-14-21(20)26/h8-14H,6-7,15-16H2,1-5H3. The van der Waals surface area contributed by atoms with E-state index in [1.807, 2.05) is 25.1 Å². The second-order valence-corrected chi connectivity index (χ2v) is 7.56. The van der Waals surface area contributed by atoms with Gasteiger partial charge in [-0.05, 0) is 56.9 Å². The lowest BCUT2D eigenvalue weighted by atomic mass is 10.0. The lowest BCUT2D eigenvalue weighted by Gasteiger charge is -2.28. The summed E-state index contributed by atoms with van der Waals surface area (Å²) in [5.74, 6) is 0.403. The molecule has 1 heterocycles. The van der Waals surface area contributed by atoms with Gasteiger partial charge in [-0.15, -0.1) is 0 Å². The van der Waals surface area contributed by atoms with E-state index in [0.29, 0.717) is 17.1 Å². The largest absolute Gasteiger partial charge is 0.368 e. The molecule has 0 radical (unpaired) electrons. The summed E-state index contributed by atoms with van der Waals surface area (Å²) in [7, 11) is 0. The molecule has 1 aromatic heterocycles. The number of benzene rings is 2. The molecule has 152 valence electrons. The third-order valence-corrected chi connectivity index (χ3v) is 5.20. The van der Waals surface area contributed by atoms with E-state index in [1.165, 1.54) is 6.07 Å². The van der Waals surface area contributed by atoms with Gasteiger partial charge in [0, 0.05) is 24.2 Å². The van der Waals surface area contributed by atoms with E-state index >= 15 is 0 Å². The second-order valence-electron chi connectivity index (χ2n) is 7.56. The van der Waals surface area contributed by atoms with E-state index in [-0.39, 0.29) is 5.82 Å². The van der Waals surface area contributed by atoms with Crippen LogP contribution < -0.4 is 4.90 Å². The summed E-state index contributed by atoms with van der Waals surface area (Å²) in [4.78, 5) is 12.1. The molecular formula is C25H30FN3. The molecule has 0 spiro atoms. The van der Waals surface area contributed by atoms with Crippen molar-refractivity contribution in [1.29, 1.82) is 0 Å². The Kier molecular flexibility index (Phi) is 6.63. The molecule has 0 saturated carbocycles. The highest BCUT2D eigenvalue weighted by Gasteiger charge is 2.22. The molecule has 0 unspecified atom stereocenters. The molecule has 4 heteroatoms. The lowest BCUT2D eigenvalue weighted by Crippen LogP contribution is -2.27. The van der Waals surface area contributed by atoms with Crippen LogP contribution in [0.5, 0.6) is 0 Å². The summed E-state index contributed by atoms with van der Waals surface area (Å²) in [6.07, 6.45) is 2.02. The van der Waals surface area contributed by atoms with E-state index in [2.05, 4.69) is 44.7 Å². The van der Waals surface area contributed by atoms with Crippen LogP contribution in [-0.2, 0) is 0 Å². The molecule has 0 fully saturated rings. The van der Waals surface area contributed by atoms with E-state index in [0.717, 1.165) is 54.0 Å². The van der Waals surface area contributed by atoms with Crippen LogP contribution in [0.4, 0.5) is 10.1 Å². The third kappa shape index (κ3) is 4.31. The summed E-state index contributed by atoms with van der Waals surface area (Å²) in [6, 6.07) is 13.1. The predicted molar refractivity (Wildman–Crippen MR) is 120 cm³/mol. The molecule has 0 amide bonds. The Morgan fingerprint density at radius 2 is 1.45 bits per heavy atom. The minimum Gasteiger partial charge on any atom is -0.368 e. The maximum Gasteiger partial charge on any atom is 0.160 e. The van der Waals surface area contributed by atoms with Crippen LogP contribution in [0, 0.1) is 26.6 Å². The summed E-state index contributed by atoms with van der Waals surface area (Å²) < 4.78 is 14.8. The van der Waals surface area contributed by atoms with Crippen LogP contribution in [0.2, 0.25) is 0 Å². The van der Waals surface area contributed by atoms with Crippen molar-refractivity contribution >= 4 is 5.69 Å². The van der Waals surface area contributed by atoms with E-state index in [4.69, 9.17) is 9.97 Å². The van der Waals surface area contributed by atoms with Gasteiger partial charge in [0.15, 0.2) is 5.82 Å². The Balaban J connectivity index is 2.31. The third-order valence-electron chi connectivity index (χ3n) is 5.20. The molecule has 3 nitrogen and oxygen atoms in total. The first-order valence-electron chi connectivity index (χ1n) is 10.4. The fourth-order valence-corrected chi connectivity index (χ4v) is 3.94. The van der Waals surface area contributed by atoms with E-state index in [9.17, 15) is 4.39 Å². The van der Waals surface area contributed by atoms with Gasteiger partial charge >= 0.3 is 0 Å². The van der Waals surface area contributed by atoms with E-state index in [1.54, 1.807) is 6.07 Å². The second kappa shape index (κ2) is 9.17. The quantitative estimate of drug-likeness (QED) is 0.460. The molecule has 0 aliphatic carbocycles. The van der Waals surface area contributed by atoms with Crippen LogP contribution >= 0.6 is 0 Å². The maximum absolute atomic E-state index is 14.8. The smallest absolute Gasteiger partial charge is 0.160 e. The van der Waals surface area contributed by atoms with Crippen molar-refractivity contribution in [2.45, 2.75) is 47.5 Å². The minimum atomic E-state index is -0.257. The highest BCUT2D eigenvalue weighted by atomic mass is 19.1. The summed E-state index contributed by atoms with van der Waals surface area (Å²) in [6.45, 7) is 12.2.